The molecule has 2 heterocycles. The third kappa shape index (κ3) is 2.56. The lowest BCUT2D eigenvalue weighted by atomic mass is 10.1. The van der Waals surface area contributed by atoms with Crippen LogP contribution in [-0.2, 0) is 6.42 Å². The Morgan fingerprint density at radius 1 is 1.39 bits per heavy atom. The van der Waals surface area contributed by atoms with E-state index in [0.717, 1.165) is 43.9 Å². The molecule has 18 heavy (non-hydrogen) atoms. The zero-order valence-electron chi connectivity index (χ0n) is 11.6. The highest BCUT2D eigenvalue weighted by Crippen LogP contribution is 2.26. The molecule has 0 radical (unpaired) electrons. The number of rotatable bonds is 3. The van der Waals surface area contributed by atoms with Crippen molar-refractivity contribution in [1.82, 2.24) is 14.9 Å². The molecule has 1 fully saturated rings. The summed E-state index contributed by atoms with van der Waals surface area (Å²) in [5.74, 6) is 1.66. The minimum absolute atomic E-state index is 0.466. The molecule has 1 aliphatic heterocycles. The molecule has 0 amide bonds. The maximum absolute atomic E-state index is 6.00. The number of hydrogen-bond donors (Lipinski definition) is 1. The quantitative estimate of drug-likeness (QED) is 0.871. The minimum atomic E-state index is 0.466. The summed E-state index contributed by atoms with van der Waals surface area (Å²) < 4.78 is 0. The van der Waals surface area contributed by atoms with E-state index in [1.165, 1.54) is 0 Å². The van der Waals surface area contributed by atoms with Crippen molar-refractivity contribution in [3.05, 3.63) is 11.9 Å². The van der Waals surface area contributed by atoms with Gasteiger partial charge in [-0.3, -0.25) is 0 Å². The molecule has 1 unspecified atom stereocenters. The van der Waals surface area contributed by atoms with Crippen LogP contribution in [0.4, 0.5) is 11.6 Å². The summed E-state index contributed by atoms with van der Waals surface area (Å²) in [5, 5.41) is 0. The van der Waals surface area contributed by atoms with Crippen molar-refractivity contribution < 1.29 is 0 Å². The largest absolute Gasteiger partial charge is 0.383 e. The molecule has 0 aromatic carbocycles. The normalized spacial score (nSPS) is 21.3. The Bertz CT molecular complexity index is 406. The number of piperazine rings is 1. The molecular weight excluding hydrogens is 226 g/mol. The van der Waals surface area contributed by atoms with E-state index in [0.29, 0.717) is 11.9 Å². The first-order valence-corrected chi connectivity index (χ1v) is 6.68. The fourth-order valence-corrected chi connectivity index (χ4v) is 2.61. The number of likely N-dealkylation sites (N-methyl/N-ethyl adjacent to an activating group) is 1. The molecule has 0 bridgehead atoms. The van der Waals surface area contributed by atoms with Crippen LogP contribution in [0.25, 0.3) is 0 Å². The molecule has 0 aliphatic carbocycles. The van der Waals surface area contributed by atoms with Crippen LogP contribution in [0.15, 0.2) is 6.33 Å². The first kappa shape index (κ1) is 13.1. The first-order valence-electron chi connectivity index (χ1n) is 6.68. The van der Waals surface area contributed by atoms with Crippen molar-refractivity contribution in [3.63, 3.8) is 0 Å². The topological polar surface area (TPSA) is 58.3 Å². The fraction of sp³-hybridized carbons (Fsp3) is 0.692. The molecule has 1 atom stereocenters. The van der Waals surface area contributed by atoms with Crippen LogP contribution in [0.5, 0.6) is 0 Å². The molecule has 100 valence electrons. The monoisotopic (exact) mass is 249 g/mol. The number of aromatic nitrogens is 2. The molecule has 1 saturated heterocycles. The van der Waals surface area contributed by atoms with Gasteiger partial charge >= 0.3 is 0 Å². The molecule has 5 heteroatoms. The molecule has 2 rings (SSSR count). The molecule has 1 aromatic heterocycles. The van der Waals surface area contributed by atoms with E-state index >= 15 is 0 Å². The maximum Gasteiger partial charge on any atom is 0.137 e. The highest BCUT2D eigenvalue weighted by atomic mass is 15.3. The van der Waals surface area contributed by atoms with Crippen LogP contribution in [-0.4, -0.2) is 47.6 Å². The molecule has 1 aliphatic rings. The van der Waals surface area contributed by atoms with Crippen molar-refractivity contribution in [1.29, 1.82) is 0 Å². The average molecular weight is 249 g/mol. The van der Waals surface area contributed by atoms with E-state index < -0.39 is 0 Å². The number of anilines is 2. The number of nitrogen functional groups attached to an aromatic ring is 1. The standard InChI is InChI=1S/C13H23N5/c1-4-5-11-12(14)15-9-16-13(11)18-7-6-17(3)8-10(18)2/h9-10H,4-8H2,1-3H3,(H2,14,15,16). The Balaban J connectivity index is 2.29. The highest BCUT2D eigenvalue weighted by molar-refractivity contribution is 5.57. The van der Waals surface area contributed by atoms with Gasteiger partial charge in [0, 0.05) is 31.2 Å². The minimum Gasteiger partial charge on any atom is -0.383 e. The van der Waals surface area contributed by atoms with Gasteiger partial charge in [0.2, 0.25) is 0 Å². The van der Waals surface area contributed by atoms with Gasteiger partial charge in [-0.05, 0) is 20.4 Å². The van der Waals surface area contributed by atoms with Crippen molar-refractivity contribution in [2.24, 2.45) is 0 Å². The van der Waals surface area contributed by atoms with Gasteiger partial charge in [-0.2, -0.15) is 0 Å². The summed E-state index contributed by atoms with van der Waals surface area (Å²) in [7, 11) is 2.16. The van der Waals surface area contributed by atoms with Crippen LogP contribution in [0.3, 0.4) is 0 Å². The Kier molecular flexibility index (Phi) is 4.01. The molecule has 5 nitrogen and oxygen atoms in total. The summed E-state index contributed by atoms with van der Waals surface area (Å²) >= 11 is 0. The Hall–Kier alpha value is -1.36. The van der Waals surface area contributed by atoms with E-state index in [2.05, 4.69) is 40.7 Å². The van der Waals surface area contributed by atoms with Gasteiger partial charge in [0.05, 0.1) is 0 Å². The van der Waals surface area contributed by atoms with Crippen LogP contribution in [0.1, 0.15) is 25.8 Å². The summed E-state index contributed by atoms with van der Waals surface area (Å²) in [6, 6.07) is 0.466. The highest BCUT2D eigenvalue weighted by Gasteiger charge is 2.25. The van der Waals surface area contributed by atoms with E-state index in [9.17, 15) is 0 Å². The molecule has 1 aromatic rings. The van der Waals surface area contributed by atoms with Gasteiger partial charge in [0.25, 0.3) is 0 Å². The first-order chi connectivity index (χ1) is 8.63. The zero-order chi connectivity index (χ0) is 13.1. The smallest absolute Gasteiger partial charge is 0.137 e. The van der Waals surface area contributed by atoms with Crippen molar-refractivity contribution in [3.8, 4) is 0 Å². The SMILES string of the molecule is CCCc1c(N)ncnc1N1CCN(C)CC1C. The van der Waals surface area contributed by atoms with Crippen LogP contribution in [0, 0.1) is 0 Å². The molecule has 2 N–H and O–H groups in total. The summed E-state index contributed by atoms with van der Waals surface area (Å²) in [4.78, 5) is 13.3. The lowest BCUT2D eigenvalue weighted by Gasteiger charge is -2.39. The molecular formula is C13H23N5. The second-order valence-corrected chi connectivity index (χ2v) is 5.12. The second kappa shape index (κ2) is 5.52. The summed E-state index contributed by atoms with van der Waals surface area (Å²) in [6.45, 7) is 7.54. The van der Waals surface area contributed by atoms with Gasteiger partial charge in [-0.15, -0.1) is 0 Å². The van der Waals surface area contributed by atoms with E-state index in [1.807, 2.05) is 0 Å². The summed E-state index contributed by atoms with van der Waals surface area (Å²) in [5.41, 5.74) is 7.11. The third-order valence-corrected chi connectivity index (χ3v) is 3.56. The van der Waals surface area contributed by atoms with Gasteiger partial charge < -0.3 is 15.5 Å². The van der Waals surface area contributed by atoms with Gasteiger partial charge in [0.1, 0.15) is 18.0 Å². The lowest BCUT2D eigenvalue weighted by molar-refractivity contribution is 0.274. The Labute approximate surface area is 109 Å². The maximum atomic E-state index is 6.00. The van der Waals surface area contributed by atoms with Crippen molar-refractivity contribution in [2.45, 2.75) is 32.7 Å². The number of nitrogens with zero attached hydrogens (tertiary/aromatic N) is 4. The fourth-order valence-electron chi connectivity index (χ4n) is 2.61. The van der Waals surface area contributed by atoms with Gasteiger partial charge in [-0.1, -0.05) is 13.3 Å². The lowest BCUT2D eigenvalue weighted by Crippen LogP contribution is -2.51. The summed E-state index contributed by atoms with van der Waals surface area (Å²) in [6.07, 6.45) is 3.59. The third-order valence-electron chi connectivity index (χ3n) is 3.56. The average Bonchev–Trinajstić information content (AvgIpc) is 2.32. The molecule has 0 saturated carbocycles. The number of nitrogens with two attached hydrogens (primary N) is 1. The predicted molar refractivity (Wildman–Crippen MR) is 74.7 cm³/mol. The molecule has 0 spiro atoms. The van der Waals surface area contributed by atoms with Crippen LogP contribution < -0.4 is 10.6 Å². The Morgan fingerprint density at radius 2 is 2.17 bits per heavy atom. The van der Waals surface area contributed by atoms with E-state index in [4.69, 9.17) is 5.73 Å². The second-order valence-electron chi connectivity index (χ2n) is 5.12. The predicted octanol–water partition coefficient (Wildman–Crippen LogP) is 1.15. The van der Waals surface area contributed by atoms with Crippen molar-refractivity contribution in [2.75, 3.05) is 37.3 Å². The van der Waals surface area contributed by atoms with Crippen molar-refractivity contribution >= 4 is 11.6 Å². The van der Waals surface area contributed by atoms with Crippen LogP contribution >= 0.6 is 0 Å². The number of hydrogen-bond acceptors (Lipinski definition) is 5. The van der Waals surface area contributed by atoms with Gasteiger partial charge in [0.15, 0.2) is 0 Å². The van der Waals surface area contributed by atoms with E-state index in [1.54, 1.807) is 6.33 Å². The zero-order valence-corrected chi connectivity index (χ0v) is 11.6. The van der Waals surface area contributed by atoms with Gasteiger partial charge in [-0.25, -0.2) is 9.97 Å². The van der Waals surface area contributed by atoms with E-state index in [-0.39, 0.29) is 0 Å². The Morgan fingerprint density at radius 3 is 2.83 bits per heavy atom. The van der Waals surface area contributed by atoms with Crippen LogP contribution in [0.2, 0.25) is 0 Å².